The molecule has 0 atom stereocenters. The number of nitrogens with zero attached hydrogens (tertiary/aromatic N) is 2. The molecule has 0 aliphatic carbocycles. The van der Waals surface area contributed by atoms with Crippen LogP contribution >= 0.6 is 0 Å². The zero-order valence-corrected chi connectivity index (χ0v) is 21.8. The predicted octanol–water partition coefficient (Wildman–Crippen LogP) is 3.39. The van der Waals surface area contributed by atoms with Gasteiger partial charge in [-0.1, -0.05) is 24.3 Å². The van der Waals surface area contributed by atoms with Crippen molar-refractivity contribution in [3.05, 3.63) is 83.9 Å². The molecular formula is C26H30N12O2. The van der Waals surface area contributed by atoms with Gasteiger partial charge in [-0.2, -0.15) is 10.2 Å². The molecule has 0 spiro atoms. The highest BCUT2D eigenvalue weighted by Crippen LogP contribution is 2.16. The van der Waals surface area contributed by atoms with Crippen molar-refractivity contribution in [2.45, 2.75) is 13.8 Å². The third-order valence-electron chi connectivity index (χ3n) is 5.21. The Bertz CT molecular complexity index is 1320. The summed E-state index contributed by atoms with van der Waals surface area (Å²) in [6.07, 6.45) is 0. The van der Waals surface area contributed by atoms with E-state index in [2.05, 4.69) is 42.3 Å². The maximum absolute atomic E-state index is 12.4. The van der Waals surface area contributed by atoms with E-state index in [0.717, 1.165) is 11.1 Å². The summed E-state index contributed by atoms with van der Waals surface area (Å²) in [6, 6.07) is 19.8. The standard InChI is InChI=1S/C26H30N12O2/c1-15(35-37-23(27)28)17-3-7-19(8-4-17)31-25(39)33-21-11-13-22(14-12-21)34-26(40)32-20-9-5-18(6-10-20)16(2)36-38-24(29)30/h3-14H,1-2H3,(H4,27,28,37)(H4,29,30,38)(H2,31,33,39)(H2,32,34,40)/b35-15+,36-16+. The van der Waals surface area contributed by atoms with E-state index in [4.69, 9.17) is 22.3 Å². The number of anilines is 4. The third-order valence-corrected chi connectivity index (χ3v) is 5.21. The number of rotatable bonds is 8. The molecule has 0 saturated carbocycles. The lowest BCUT2D eigenvalue weighted by molar-refractivity contribution is 0.261. The molecule has 14 heteroatoms. The van der Waals surface area contributed by atoms with E-state index in [9.17, 15) is 9.59 Å². The van der Waals surface area contributed by atoms with Crippen molar-refractivity contribution >= 4 is 58.2 Å². The number of amides is 4. The Labute approximate surface area is 230 Å². The van der Waals surface area contributed by atoms with Gasteiger partial charge in [-0.25, -0.2) is 20.4 Å². The fraction of sp³-hybridized carbons (Fsp3) is 0.0769. The molecule has 12 N–H and O–H groups in total. The van der Waals surface area contributed by atoms with Crippen molar-refractivity contribution in [2.75, 3.05) is 21.3 Å². The van der Waals surface area contributed by atoms with Crippen LogP contribution < -0.4 is 43.6 Å². The number of guanidine groups is 2. The van der Waals surface area contributed by atoms with Gasteiger partial charge >= 0.3 is 12.1 Å². The number of nitrogens with one attached hydrogen (secondary N) is 8. The Morgan fingerprint density at radius 2 is 0.800 bits per heavy atom. The quantitative estimate of drug-likeness (QED) is 0.116. The largest absolute Gasteiger partial charge is 0.369 e. The molecule has 0 aliphatic heterocycles. The van der Waals surface area contributed by atoms with Gasteiger partial charge in [0.05, 0.1) is 11.4 Å². The van der Waals surface area contributed by atoms with E-state index in [-0.39, 0.29) is 11.9 Å². The second-order valence-corrected chi connectivity index (χ2v) is 8.34. The van der Waals surface area contributed by atoms with Crippen molar-refractivity contribution in [3.63, 3.8) is 0 Å². The van der Waals surface area contributed by atoms with Crippen LogP contribution in [-0.4, -0.2) is 35.4 Å². The molecule has 0 heterocycles. The maximum atomic E-state index is 12.4. The molecule has 0 radical (unpaired) electrons. The number of carbonyl (C=O) groups excluding carboxylic acids is 2. The fourth-order valence-corrected chi connectivity index (χ4v) is 3.23. The maximum Gasteiger partial charge on any atom is 0.323 e. The minimum absolute atomic E-state index is 0.258. The molecule has 206 valence electrons. The molecule has 0 unspecified atom stereocenters. The summed E-state index contributed by atoms with van der Waals surface area (Å²) in [7, 11) is 0. The molecule has 3 aromatic rings. The second-order valence-electron chi connectivity index (χ2n) is 8.34. The summed E-state index contributed by atoms with van der Waals surface area (Å²) in [5.74, 6) is -0.516. The summed E-state index contributed by atoms with van der Waals surface area (Å²) in [5, 5.41) is 33.2. The van der Waals surface area contributed by atoms with Crippen LogP contribution in [0.2, 0.25) is 0 Å². The Morgan fingerprint density at radius 1 is 0.550 bits per heavy atom. The fourth-order valence-electron chi connectivity index (χ4n) is 3.23. The first-order chi connectivity index (χ1) is 19.1. The Kier molecular flexibility index (Phi) is 9.72. The van der Waals surface area contributed by atoms with E-state index in [0.29, 0.717) is 34.2 Å². The van der Waals surface area contributed by atoms with E-state index < -0.39 is 12.1 Å². The molecule has 0 saturated heterocycles. The Hall–Kier alpha value is -5.92. The lowest BCUT2D eigenvalue weighted by Crippen LogP contribution is -2.26. The lowest BCUT2D eigenvalue weighted by atomic mass is 10.1. The highest BCUT2D eigenvalue weighted by Gasteiger charge is 2.07. The number of carbonyl (C=O) groups is 2. The minimum atomic E-state index is -0.435. The molecule has 0 aliphatic rings. The topological polar surface area (TPSA) is 231 Å². The first kappa shape index (κ1) is 28.6. The minimum Gasteiger partial charge on any atom is -0.369 e. The van der Waals surface area contributed by atoms with Crippen molar-refractivity contribution < 1.29 is 9.59 Å². The van der Waals surface area contributed by atoms with Crippen LogP contribution in [0, 0.1) is 10.8 Å². The monoisotopic (exact) mass is 542 g/mol. The van der Waals surface area contributed by atoms with Gasteiger partial charge in [-0.3, -0.25) is 10.8 Å². The van der Waals surface area contributed by atoms with Gasteiger partial charge in [0.1, 0.15) is 0 Å². The predicted molar refractivity (Wildman–Crippen MR) is 159 cm³/mol. The smallest absolute Gasteiger partial charge is 0.323 e. The summed E-state index contributed by atoms with van der Waals surface area (Å²) in [6.45, 7) is 3.53. The van der Waals surface area contributed by atoms with E-state index in [1.807, 2.05) is 0 Å². The SMILES string of the molecule is C/C(=N\NC(=N)N)c1ccc(NC(=O)Nc2ccc(NC(=O)Nc3ccc(/C(C)=N/NC(=N)N)cc3)cc2)cc1. The molecule has 3 rings (SSSR count). The van der Waals surface area contributed by atoms with Crippen LogP contribution in [0.4, 0.5) is 32.3 Å². The van der Waals surface area contributed by atoms with E-state index >= 15 is 0 Å². The molecule has 14 nitrogen and oxygen atoms in total. The van der Waals surface area contributed by atoms with Gasteiger partial charge in [0, 0.05) is 22.7 Å². The second kappa shape index (κ2) is 13.6. The summed E-state index contributed by atoms with van der Waals surface area (Å²) in [4.78, 5) is 24.8. The van der Waals surface area contributed by atoms with Crippen LogP contribution in [0.3, 0.4) is 0 Å². The average Bonchev–Trinajstić information content (AvgIpc) is 2.92. The molecule has 3 aromatic carbocycles. The average molecular weight is 543 g/mol. The van der Waals surface area contributed by atoms with Gasteiger partial charge in [0.15, 0.2) is 0 Å². The number of hydrazone groups is 2. The number of hydrogen-bond donors (Lipinski definition) is 10. The first-order valence-electron chi connectivity index (χ1n) is 11.8. The molecule has 0 aromatic heterocycles. The summed E-state index contributed by atoms with van der Waals surface area (Å²) in [5.41, 5.74) is 20.3. The summed E-state index contributed by atoms with van der Waals surface area (Å²) >= 11 is 0. The van der Waals surface area contributed by atoms with Gasteiger partial charge in [-0.05, 0) is 73.5 Å². The van der Waals surface area contributed by atoms with Gasteiger partial charge in [0.2, 0.25) is 11.9 Å². The van der Waals surface area contributed by atoms with Crippen molar-refractivity contribution in [1.29, 1.82) is 10.8 Å². The number of benzene rings is 3. The van der Waals surface area contributed by atoms with Gasteiger partial charge < -0.3 is 32.7 Å². The number of urea groups is 2. The highest BCUT2D eigenvalue weighted by molar-refractivity contribution is 6.03. The van der Waals surface area contributed by atoms with Gasteiger partial charge in [0.25, 0.3) is 0 Å². The highest BCUT2D eigenvalue weighted by atomic mass is 16.2. The van der Waals surface area contributed by atoms with Crippen LogP contribution in [0.5, 0.6) is 0 Å². The van der Waals surface area contributed by atoms with Crippen LogP contribution in [0.1, 0.15) is 25.0 Å². The molecule has 0 bridgehead atoms. The van der Waals surface area contributed by atoms with Crippen molar-refractivity contribution in [1.82, 2.24) is 10.9 Å². The van der Waals surface area contributed by atoms with Gasteiger partial charge in [-0.15, -0.1) is 0 Å². The lowest BCUT2D eigenvalue weighted by Gasteiger charge is -2.11. The van der Waals surface area contributed by atoms with Crippen LogP contribution in [-0.2, 0) is 0 Å². The Morgan fingerprint density at radius 3 is 1.05 bits per heavy atom. The van der Waals surface area contributed by atoms with E-state index in [1.165, 1.54) is 0 Å². The van der Waals surface area contributed by atoms with Crippen molar-refractivity contribution in [3.8, 4) is 0 Å². The Balaban J connectivity index is 1.48. The molecule has 0 fully saturated rings. The van der Waals surface area contributed by atoms with Crippen LogP contribution in [0.25, 0.3) is 0 Å². The molecular weight excluding hydrogens is 512 g/mol. The van der Waals surface area contributed by atoms with Crippen LogP contribution in [0.15, 0.2) is 83.0 Å². The summed E-state index contributed by atoms with van der Waals surface area (Å²) < 4.78 is 0. The molecule has 40 heavy (non-hydrogen) atoms. The van der Waals surface area contributed by atoms with Crippen molar-refractivity contribution in [2.24, 2.45) is 21.7 Å². The number of hydrogen-bond acceptors (Lipinski definition) is 6. The van der Waals surface area contributed by atoms with E-state index in [1.54, 1.807) is 86.6 Å². The molecule has 4 amide bonds. The zero-order chi connectivity index (χ0) is 29.1. The zero-order valence-electron chi connectivity index (χ0n) is 21.8. The third kappa shape index (κ3) is 9.19. The normalized spacial score (nSPS) is 11.2. The first-order valence-corrected chi connectivity index (χ1v) is 11.8. The number of nitrogens with two attached hydrogens (primary N) is 2.